The van der Waals surface area contributed by atoms with E-state index in [1.807, 2.05) is 0 Å². The normalized spacial score (nSPS) is 11.2. The Kier molecular flexibility index (Phi) is 5.86. The maximum atomic E-state index is 11.2. The lowest BCUT2D eigenvalue weighted by atomic mass is 10.3. The van der Waals surface area contributed by atoms with Crippen LogP contribution in [0, 0.1) is 0 Å². The predicted octanol–water partition coefficient (Wildman–Crippen LogP) is 4.11. The molecule has 1 rings (SSSR count). The van der Waals surface area contributed by atoms with Crippen LogP contribution in [-0.2, 0) is 9.53 Å². The van der Waals surface area contributed by atoms with Gasteiger partial charge in [-0.2, -0.15) is 0 Å². The summed E-state index contributed by atoms with van der Waals surface area (Å²) >= 11 is 22.6. The fourth-order valence-corrected chi connectivity index (χ4v) is 1.38. The van der Waals surface area contributed by atoms with E-state index in [9.17, 15) is 4.79 Å². The summed E-state index contributed by atoms with van der Waals surface area (Å²) in [7, 11) is 0. The van der Waals surface area contributed by atoms with Gasteiger partial charge < -0.3 is 9.47 Å². The lowest BCUT2D eigenvalue weighted by Gasteiger charge is -2.12. The van der Waals surface area contributed by atoms with Gasteiger partial charge in [0.25, 0.3) is 0 Å². The SMILES string of the molecule is CC(Cl)(Cl)C(=O)OCCOc1ccc(Cl)c(Cl)c1. The van der Waals surface area contributed by atoms with Gasteiger partial charge in [0.2, 0.25) is 4.33 Å². The topological polar surface area (TPSA) is 35.5 Å². The third kappa shape index (κ3) is 5.11. The van der Waals surface area contributed by atoms with E-state index in [0.717, 1.165) is 0 Å². The number of carbonyl (C=O) groups is 1. The number of hydrogen-bond donors (Lipinski definition) is 0. The summed E-state index contributed by atoms with van der Waals surface area (Å²) in [6.45, 7) is 1.53. The molecular weight excluding hydrogens is 322 g/mol. The first-order chi connectivity index (χ1) is 8.30. The highest BCUT2D eigenvalue weighted by Gasteiger charge is 2.29. The molecule has 0 atom stereocenters. The summed E-state index contributed by atoms with van der Waals surface area (Å²) < 4.78 is 8.54. The molecule has 0 heterocycles. The van der Waals surface area contributed by atoms with Crippen LogP contribution in [0.5, 0.6) is 5.75 Å². The molecule has 3 nitrogen and oxygen atoms in total. The Morgan fingerprint density at radius 2 is 1.89 bits per heavy atom. The summed E-state index contributed by atoms with van der Waals surface area (Å²) in [5.74, 6) is -0.191. The van der Waals surface area contributed by atoms with Crippen LogP contribution in [0.4, 0.5) is 0 Å². The minimum absolute atomic E-state index is 0.0358. The predicted molar refractivity (Wildman–Crippen MR) is 73.0 cm³/mol. The van der Waals surface area contributed by atoms with E-state index in [4.69, 9.17) is 55.9 Å². The first-order valence-electron chi connectivity index (χ1n) is 4.93. The molecule has 0 radical (unpaired) electrons. The highest BCUT2D eigenvalue weighted by atomic mass is 35.5. The smallest absolute Gasteiger partial charge is 0.342 e. The molecule has 0 fully saturated rings. The van der Waals surface area contributed by atoms with E-state index in [0.29, 0.717) is 15.8 Å². The number of carbonyl (C=O) groups excluding carboxylic acids is 1. The largest absolute Gasteiger partial charge is 0.490 e. The number of ether oxygens (including phenoxy) is 2. The molecule has 0 aliphatic carbocycles. The highest BCUT2D eigenvalue weighted by molar-refractivity contribution is 6.57. The first kappa shape index (κ1) is 15.7. The van der Waals surface area contributed by atoms with E-state index in [1.165, 1.54) is 6.92 Å². The highest BCUT2D eigenvalue weighted by Crippen LogP contribution is 2.26. The molecule has 0 aromatic heterocycles. The van der Waals surface area contributed by atoms with Crippen molar-refractivity contribution >= 4 is 52.4 Å². The van der Waals surface area contributed by atoms with Crippen molar-refractivity contribution < 1.29 is 14.3 Å². The summed E-state index contributed by atoms with van der Waals surface area (Å²) in [5, 5.41) is 0.829. The van der Waals surface area contributed by atoms with E-state index < -0.39 is 10.3 Å². The van der Waals surface area contributed by atoms with Gasteiger partial charge in [-0.25, -0.2) is 4.79 Å². The molecule has 1 aromatic carbocycles. The number of benzene rings is 1. The third-order valence-electron chi connectivity index (χ3n) is 1.83. The van der Waals surface area contributed by atoms with Crippen molar-refractivity contribution in [3.05, 3.63) is 28.2 Å². The van der Waals surface area contributed by atoms with Gasteiger partial charge >= 0.3 is 5.97 Å². The number of halogens is 4. The van der Waals surface area contributed by atoms with E-state index >= 15 is 0 Å². The van der Waals surface area contributed by atoms with Crippen molar-refractivity contribution in [3.63, 3.8) is 0 Å². The fraction of sp³-hybridized carbons (Fsp3) is 0.364. The van der Waals surface area contributed by atoms with Crippen LogP contribution in [-0.4, -0.2) is 23.5 Å². The number of alkyl halides is 2. The summed E-state index contributed by atoms with van der Waals surface area (Å²) in [6.07, 6.45) is 0. The lowest BCUT2D eigenvalue weighted by Crippen LogP contribution is -2.26. The molecule has 0 saturated heterocycles. The monoisotopic (exact) mass is 330 g/mol. The van der Waals surface area contributed by atoms with Crippen LogP contribution < -0.4 is 4.74 Å². The van der Waals surface area contributed by atoms with Gasteiger partial charge in [0, 0.05) is 6.07 Å². The molecule has 7 heteroatoms. The maximum Gasteiger partial charge on any atom is 0.342 e. The van der Waals surface area contributed by atoms with Crippen LogP contribution in [0.2, 0.25) is 10.0 Å². The van der Waals surface area contributed by atoms with Crippen LogP contribution in [0.15, 0.2) is 18.2 Å². The van der Waals surface area contributed by atoms with Crippen molar-refractivity contribution in [2.24, 2.45) is 0 Å². The Hall–Kier alpha value is -0.350. The molecule has 100 valence electrons. The second-order valence-corrected chi connectivity index (χ2v) is 5.97. The zero-order valence-corrected chi connectivity index (χ0v) is 12.4. The van der Waals surface area contributed by atoms with Gasteiger partial charge in [-0.05, 0) is 19.1 Å². The Labute approximate surface area is 125 Å². The molecule has 0 amide bonds. The van der Waals surface area contributed by atoms with Gasteiger partial charge in [-0.3, -0.25) is 0 Å². The summed E-state index contributed by atoms with van der Waals surface area (Å²) in [6, 6.07) is 4.84. The quantitative estimate of drug-likeness (QED) is 0.462. The van der Waals surface area contributed by atoms with Crippen LogP contribution in [0.1, 0.15) is 6.92 Å². The number of hydrogen-bond acceptors (Lipinski definition) is 3. The third-order valence-corrected chi connectivity index (χ3v) is 2.88. The Balaban J connectivity index is 2.34. The van der Waals surface area contributed by atoms with E-state index in [1.54, 1.807) is 18.2 Å². The van der Waals surface area contributed by atoms with Gasteiger partial charge in [0.1, 0.15) is 19.0 Å². The van der Waals surface area contributed by atoms with Crippen molar-refractivity contribution in [2.75, 3.05) is 13.2 Å². The second kappa shape index (κ2) is 6.71. The lowest BCUT2D eigenvalue weighted by molar-refractivity contribution is -0.144. The summed E-state index contributed by atoms with van der Waals surface area (Å²) in [4.78, 5) is 11.2. The van der Waals surface area contributed by atoms with Crippen molar-refractivity contribution in [2.45, 2.75) is 11.3 Å². The molecule has 0 aliphatic rings. The van der Waals surface area contributed by atoms with Gasteiger partial charge in [-0.1, -0.05) is 46.4 Å². The minimum Gasteiger partial charge on any atom is -0.490 e. The molecule has 1 aromatic rings. The molecule has 18 heavy (non-hydrogen) atoms. The van der Waals surface area contributed by atoms with Crippen molar-refractivity contribution in [3.8, 4) is 5.75 Å². The Morgan fingerprint density at radius 1 is 1.22 bits per heavy atom. The van der Waals surface area contributed by atoms with Crippen LogP contribution in [0.3, 0.4) is 0 Å². The maximum absolute atomic E-state index is 11.2. The molecule has 0 spiro atoms. The summed E-state index contributed by atoms with van der Waals surface area (Å²) in [5.41, 5.74) is 0. The van der Waals surface area contributed by atoms with Crippen molar-refractivity contribution in [1.82, 2.24) is 0 Å². The van der Waals surface area contributed by atoms with E-state index in [-0.39, 0.29) is 13.2 Å². The second-order valence-electron chi connectivity index (χ2n) is 3.45. The van der Waals surface area contributed by atoms with Crippen LogP contribution in [0.25, 0.3) is 0 Å². The minimum atomic E-state index is -1.55. The number of rotatable bonds is 5. The molecule has 0 saturated carbocycles. The first-order valence-corrected chi connectivity index (χ1v) is 6.45. The molecule has 0 unspecified atom stereocenters. The van der Waals surface area contributed by atoms with Gasteiger partial charge in [0.15, 0.2) is 0 Å². The molecule has 0 aliphatic heterocycles. The molecule has 0 N–H and O–H groups in total. The van der Waals surface area contributed by atoms with E-state index in [2.05, 4.69) is 0 Å². The number of esters is 1. The molecular formula is C11H10Cl4O3. The fourth-order valence-electron chi connectivity index (χ4n) is 0.987. The van der Waals surface area contributed by atoms with Crippen molar-refractivity contribution in [1.29, 1.82) is 0 Å². The standard InChI is InChI=1S/C11H10Cl4O3/c1-11(14,15)10(16)18-5-4-17-7-2-3-8(12)9(13)6-7/h2-3,6H,4-5H2,1H3. The van der Waals surface area contributed by atoms with Gasteiger partial charge in [0.05, 0.1) is 10.0 Å². The average molecular weight is 332 g/mol. The zero-order chi connectivity index (χ0) is 13.8. The zero-order valence-electron chi connectivity index (χ0n) is 9.38. The molecule has 0 bridgehead atoms. The Bertz CT molecular complexity index is 429. The Morgan fingerprint density at radius 3 is 2.44 bits per heavy atom. The van der Waals surface area contributed by atoms with Crippen LogP contribution >= 0.6 is 46.4 Å². The average Bonchev–Trinajstić information content (AvgIpc) is 2.27. The van der Waals surface area contributed by atoms with Gasteiger partial charge in [-0.15, -0.1) is 0 Å².